The van der Waals surface area contributed by atoms with E-state index in [0.717, 1.165) is 19.3 Å². The van der Waals surface area contributed by atoms with Gasteiger partial charge in [-0.25, -0.2) is 9.97 Å². The van der Waals surface area contributed by atoms with E-state index in [0.29, 0.717) is 24.2 Å². The molecule has 0 aliphatic carbocycles. The van der Waals surface area contributed by atoms with Crippen LogP contribution in [0.1, 0.15) is 48.2 Å². The number of carboxylic acid groups (broad SMARTS) is 1. The van der Waals surface area contributed by atoms with Crippen molar-refractivity contribution in [3.63, 3.8) is 0 Å². The van der Waals surface area contributed by atoms with E-state index in [2.05, 4.69) is 9.97 Å². The number of piperidine rings is 1. The zero-order valence-corrected chi connectivity index (χ0v) is 11.6. The summed E-state index contributed by atoms with van der Waals surface area (Å²) in [5.74, 6) is -0.902. The van der Waals surface area contributed by atoms with Crippen LogP contribution in [-0.4, -0.2) is 44.4 Å². The predicted octanol–water partition coefficient (Wildman–Crippen LogP) is 1.64. The molecule has 0 spiro atoms. The minimum Gasteiger partial charge on any atom is -0.481 e. The second kappa shape index (κ2) is 6.45. The summed E-state index contributed by atoms with van der Waals surface area (Å²) in [6.07, 6.45) is 6.43. The number of carbonyl (C=O) groups excluding carboxylic acids is 1. The van der Waals surface area contributed by atoms with Crippen LogP contribution in [0.4, 0.5) is 0 Å². The Morgan fingerprint density at radius 1 is 1.45 bits per heavy atom. The Morgan fingerprint density at radius 2 is 2.25 bits per heavy atom. The van der Waals surface area contributed by atoms with Crippen molar-refractivity contribution in [2.24, 2.45) is 0 Å². The molecule has 20 heavy (non-hydrogen) atoms. The monoisotopic (exact) mass is 277 g/mol. The number of aryl methyl sites for hydroxylation is 1. The van der Waals surface area contributed by atoms with Crippen molar-refractivity contribution in [1.29, 1.82) is 0 Å². The number of hydrogen-bond acceptors (Lipinski definition) is 4. The number of aromatic nitrogens is 2. The standard InChI is InChI=1S/C14H19N3O3/c1-10-12(8-15-9-16-10)14(20)17-7-3-2-4-11(17)5-6-13(18)19/h8-9,11H,2-7H2,1H3,(H,18,19). The maximum absolute atomic E-state index is 12.6. The van der Waals surface area contributed by atoms with E-state index < -0.39 is 5.97 Å². The normalized spacial score (nSPS) is 18.9. The van der Waals surface area contributed by atoms with Crippen LogP contribution in [-0.2, 0) is 4.79 Å². The summed E-state index contributed by atoms with van der Waals surface area (Å²) >= 11 is 0. The van der Waals surface area contributed by atoms with Crippen molar-refractivity contribution in [2.45, 2.75) is 45.1 Å². The minimum atomic E-state index is -0.817. The lowest BCUT2D eigenvalue weighted by molar-refractivity contribution is -0.137. The molecule has 6 heteroatoms. The second-order valence-corrected chi connectivity index (χ2v) is 5.10. The van der Waals surface area contributed by atoms with Gasteiger partial charge in [-0.3, -0.25) is 9.59 Å². The zero-order valence-electron chi connectivity index (χ0n) is 11.6. The molecule has 2 rings (SSSR count). The predicted molar refractivity (Wildman–Crippen MR) is 72.3 cm³/mol. The third-order valence-corrected chi connectivity index (χ3v) is 3.72. The molecule has 1 unspecified atom stereocenters. The van der Waals surface area contributed by atoms with E-state index >= 15 is 0 Å². The first-order chi connectivity index (χ1) is 9.59. The van der Waals surface area contributed by atoms with Gasteiger partial charge in [-0.1, -0.05) is 0 Å². The Labute approximate surface area is 117 Å². The van der Waals surface area contributed by atoms with Crippen LogP contribution in [0.2, 0.25) is 0 Å². The van der Waals surface area contributed by atoms with E-state index in [4.69, 9.17) is 5.11 Å². The average molecular weight is 277 g/mol. The summed E-state index contributed by atoms with van der Waals surface area (Å²) in [6, 6.07) is 0.00644. The maximum Gasteiger partial charge on any atom is 0.303 e. The summed E-state index contributed by atoms with van der Waals surface area (Å²) in [7, 11) is 0. The molecule has 6 nitrogen and oxygen atoms in total. The van der Waals surface area contributed by atoms with Gasteiger partial charge in [-0.05, 0) is 32.6 Å². The molecule has 1 aliphatic heterocycles. The highest BCUT2D eigenvalue weighted by Crippen LogP contribution is 2.23. The van der Waals surface area contributed by atoms with Gasteiger partial charge in [-0.15, -0.1) is 0 Å². The van der Waals surface area contributed by atoms with E-state index in [1.807, 2.05) is 0 Å². The number of likely N-dealkylation sites (tertiary alicyclic amines) is 1. The first-order valence-corrected chi connectivity index (χ1v) is 6.89. The van der Waals surface area contributed by atoms with Crippen molar-refractivity contribution in [1.82, 2.24) is 14.9 Å². The van der Waals surface area contributed by atoms with E-state index in [1.54, 1.807) is 11.8 Å². The number of carbonyl (C=O) groups is 2. The van der Waals surface area contributed by atoms with Crippen molar-refractivity contribution in [2.75, 3.05) is 6.54 Å². The molecule has 108 valence electrons. The molecule has 0 aromatic carbocycles. The van der Waals surface area contributed by atoms with Gasteiger partial charge in [0.2, 0.25) is 0 Å². The molecule has 1 amide bonds. The first kappa shape index (κ1) is 14.4. The van der Waals surface area contributed by atoms with E-state index in [9.17, 15) is 9.59 Å². The fourth-order valence-electron chi connectivity index (χ4n) is 2.61. The fourth-order valence-corrected chi connectivity index (χ4v) is 2.61. The Bertz CT molecular complexity index is 504. The first-order valence-electron chi connectivity index (χ1n) is 6.89. The summed E-state index contributed by atoms with van der Waals surface area (Å²) in [4.78, 5) is 33.0. The third-order valence-electron chi connectivity index (χ3n) is 3.72. The molecule has 0 bridgehead atoms. The van der Waals surface area contributed by atoms with Crippen LogP contribution in [0.5, 0.6) is 0 Å². The molecule has 1 aliphatic rings. The van der Waals surface area contributed by atoms with E-state index in [-0.39, 0.29) is 18.4 Å². The van der Waals surface area contributed by atoms with Gasteiger partial charge >= 0.3 is 5.97 Å². The van der Waals surface area contributed by atoms with Crippen LogP contribution in [0.15, 0.2) is 12.5 Å². The zero-order chi connectivity index (χ0) is 14.5. The van der Waals surface area contributed by atoms with Gasteiger partial charge in [-0.2, -0.15) is 0 Å². The molecular formula is C14H19N3O3. The number of hydrogen-bond donors (Lipinski definition) is 1. The molecule has 1 aromatic heterocycles. The largest absolute Gasteiger partial charge is 0.481 e. The average Bonchev–Trinajstić information content (AvgIpc) is 2.45. The summed E-state index contributed by atoms with van der Waals surface area (Å²) in [5.41, 5.74) is 1.17. The number of amides is 1. The lowest BCUT2D eigenvalue weighted by atomic mass is 9.97. The highest BCUT2D eigenvalue weighted by Gasteiger charge is 2.28. The lowest BCUT2D eigenvalue weighted by Gasteiger charge is -2.35. The fraction of sp³-hybridized carbons (Fsp3) is 0.571. The molecule has 1 aromatic rings. The second-order valence-electron chi connectivity index (χ2n) is 5.10. The topological polar surface area (TPSA) is 83.4 Å². The van der Waals surface area contributed by atoms with Crippen LogP contribution in [0.3, 0.4) is 0 Å². The number of carboxylic acids is 1. The van der Waals surface area contributed by atoms with Gasteiger partial charge < -0.3 is 10.0 Å². The third kappa shape index (κ3) is 3.31. The molecule has 0 saturated carbocycles. The Balaban J connectivity index is 2.13. The van der Waals surface area contributed by atoms with Gasteiger partial charge in [0, 0.05) is 25.2 Å². The Hall–Kier alpha value is -1.98. The smallest absolute Gasteiger partial charge is 0.303 e. The molecule has 1 saturated heterocycles. The van der Waals surface area contributed by atoms with Gasteiger partial charge in [0.05, 0.1) is 11.3 Å². The van der Waals surface area contributed by atoms with Crippen molar-refractivity contribution in [3.8, 4) is 0 Å². The highest BCUT2D eigenvalue weighted by molar-refractivity contribution is 5.95. The SMILES string of the molecule is Cc1ncncc1C(=O)N1CCCCC1CCC(=O)O. The quantitative estimate of drug-likeness (QED) is 0.904. The summed E-state index contributed by atoms with van der Waals surface area (Å²) in [6.45, 7) is 2.46. The van der Waals surface area contributed by atoms with E-state index in [1.165, 1.54) is 12.5 Å². The molecule has 1 N–H and O–H groups in total. The lowest BCUT2D eigenvalue weighted by Crippen LogP contribution is -2.44. The van der Waals surface area contributed by atoms with Crippen LogP contribution < -0.4 is 0 Å². The van der Waals surface area contributed by atoms with Crippen molar-refractivity contribution < 1.29 is 14.7 Å². The molecule has 1 fully saturated rings. The molecular weight excluding hydrogens is 258 g/mol. The van der Waals surface area contributed by atoms with Crippen molar-refractivity contribution >= 4 is 11.9 Å². The molecule has 0 radical (unpaired) electrons. The van der Waals surface area contributed by atoms with Crippen LogP contribution in [0.25, 0.3) is 0 Å². The number of aliphatic carboxylic acids is 1. The van der Waals surface area contributed by atoms with Gasteiger partial charge in [0.15, 0.2) is 0 Å². The molecule has 1 atom stereocenters. The highest BCUT2D eigenvalue weighted by atomic mass is 16.4. The minimum absolute atomic E-state index is 0.00644. The van der Waals surface area contributed by atoms with Gasteiger partial charge in [0.25, 0.3) is 5.91 Å². The Morgan fingerprint density at radius 3 is 2.95 bits per heavy atom. The summed E-state index contributed by atoms with van der Waals surface area (Å²) in [5, 5.41) is 8.81. The van der Waals surface area contributed by atoms with Gasteiger partial charge in [0.1, 0.15) is 6.33 Å². The molecule has 2 heterocycles. The number of nitrogens with zero attached hydrogens (tertiary/aromatic N) is 3. The number of rotatable bonds is 4. The van der Waals surface area contributed by atoms with Crippen LogP contribution in [0, 0.1) is 6.92 Å². The maximum atomic E-state index is 12.6. The summed E-state index contributed by atoms with van der Waals surface area (Å²) < 4.78 is 0. The Kier molecular flexibility index (Phi) is 4.65. The van der Waals surface area contributed by atoms with Crippen LogP contribution >= 0.6 is 0 Å². The van der Waals surface area contributed by atoms with Crippen molar-refractivity contribution in [3.05, 3.63) is 23.8 Å².